The van der Waals surface area contributed by atoms with E-state index in [4.69, 9.17) is 0 Å². The molecule has 1 aromatic carbocycles. The van der Waals surface area contributed by atoms with Gasteiger partial charge in [0.25, 0.3) is 0 Å². The molecular formula is C15H11F5N4. The Labute approximate surface area is 133 Å². The molecule has 0 spiro atoms. The third kappa shape index (κ3) is 2.81. The fourth-order valence-electron chi connectivity index (χ4n) is 2.37. The highest BCUT2D eigenvalue weighted by atomic mass is 19.4. The van der Waals surface area contributed by atoms with Crippen molar-refractivity contribution < 1.29 is 22.0 Å². The van der Waals surface area contributed by atoms with Crippen LogP contribution in [-0.2, 0) is 12.1 Å². The summed E-state index contributed by atoms with van der Waals surface area (Å²) in [5.74, 6) is -3.78. The Hall–Kier alpha value is -2.58. The van der Waals surface area contributed by atoms with Crippen molar-refractivity contribution in [3.05, 3.63) is 47.5 Å². The molecule has 0 aliphatic carbocycles. The van der Waals surface area contributed by atoms with Crippen molar-refractivity contribution in [1.29, 1.82) is 0 Å². The first kappa shape index (κ1) is 16.3. The minimum absolute atomic E-state index is 0.125. The summed E-state index contributed by atoms with van der Waals surface area (Å²) in [4.78, 5) is 4.08. The van der Waals surface area contributed by atoms with Crippen LogP contribution in [0.25, 0.3) is 16.9 Å². The fourth-order valence-corrected chi connectivity index (χ4v) is 2.37. The van der Waals surface area contributed by atoms with Crippen molar-refractivity contribution >= 4 is 5.65 Å². The molecule has 2 heterocycles. The van der Waals surface area contributed by atoms with Crippen molar-refractivity contribution in [2.45, 2.75) is 25.9 Å². The molecule has 0 aliphatic heterocycles. The van der Waals surface area contributed by atoms with Crippen LogP contribution in [0.5, 0.6) is 0 Å². The van der Waals surface area contributed by atoms with E-state index in [0.717, 1.165) is 16.5 Å². The maximum atomic E-state index is 13.5. The van der Waals surface area contributed by atoms with Crippen LogP contribution < -0.4 is 0 Å². The van der Waals surface area contributed by atoms with Crippen LogP contribution in [0.1, 0.15) is 23.9 Å². The second kappa shape index (κ2) is 5.22. The van der Waals surface area contributed by atoms with Gasteiger partial charge in [-0.2, -0.15) is 22.0 Å². The average molecular weight is 342 g/mol. The normalized spacial score (nSPS) is 12.8. The van der Waals surface area contributed by atoms with Crippen LogP contribution in [0, 0.1) is 6.92 Å². The van der Waals surface area contributed by atoms with Gasteiger partial charge < -0.3 is 0 Å². The Bertz CT molecular complexity index is 908. The number of fused-ring (bicyclic) bond motifs is 1. The molecule has 9 heteroatoms. The SMILES string of the molecule is Cc1cc(C(F)(F)F)ccc1-c1cn2c(C(C)(F)F)nnc2cn1. The quantitative estimate of drug-likeness (QED) is 0.655. The minimum atomic E-state index is -4.45. The molecule has 0 N–H and O–H groups in total. The van der Waals surface area contributed by atoms with Gasteiger partial charge in [-0.1, -0.05) is 6.07 Å². The molecule has 126 valence electrons. The third-order valence-electron chi connectivity index (χ3n) is 3.51. The molecule has 4 nitrogen and oxygen atoms in total. The number of nitrogens with zero attached hydrogens (tertiary/aromatic N) is 4. The first-order valence-corrected chi connectivity index (χ1v) is 6.84. The van der Waals surface area contributed by atoms with Crippen LogP contribution in [-0.4, -0.2) is 19.6 Å². The van der Waals surface area contributed by atoms with Gasteiger partial charge in [0.05, 0.1) is 17.5 Å². The summed E-state index contributed by atoms with van der Waals surface area (Å²) in [7, 11) is 0. The van der Waals surface area contributed by atoms with E-state index >= 15 is 0 Å². The van der Waals surface area contributed by atoms with Crippen molar-refractivity contribution in [3.8, 4) is 11.3 Å². The van der Waals surface area contributed by atoms with Gasteiger partial charge in [0, 0.05) is 18.7 Å². The van der Waals surface area contributed by atoms with Crippen molar-refractivity contribution in [2.75, 3.05) is 0 Å². The second-order valence-electron chi connectivity index (χ2n) is 5.44. The van der Waals surface area contributed by atoms with E-state index in [1.54, 1.807) is 0 Å². The zero-order chi connectivity index (χ0) is 17.7. The fraction of sp³-hybridized carbons (Fsp3) is 0.267. The van der Waals surface area contributed by atoms with Crippen molar-refractivity contribution in [3.63, 3.8) is 0 Å². The number of halogens is 5. The lowest BCUT2D eigenvalue weighted by Gasteiger charge is -2.12. The Kier molecular flexibility index (Phi) is 3.54. The number of alkyl halides is 5. The Morgan fingerprint density at radius 2 is 1.75 bits per heavy atom. The van der Waals surface area contributed by atoms with E-state index in [1.165, 1.54) is 25.4 Å². The molecule has 24 heavy (non-hydrogen) atoms. The largest absolute Gasteiger partial charge is 0.416 e. The van der Waals surface area contributed by atoms with Gasteiger partial charge in [0.2, 0.25) is 5.82 Å². The van der Waals surface area contributed by atoms with Gasteiger partial charge >= 0.3 is 12.1 Å². The lowest BCUT2D eigenvalue weighted by atomic mass is 10.0. The van der Waals surface area contributed by atoms with E-state index in [1.807, 2.05) is 0 Å². The van der Waals surface area contributed by atoms with E-state index in [0.29, 0.717) is 18.1 Å². The van der Waals surface area contributed by atoms with E-state index in [2.05, 4.69) is 15.2 Å². The van der Waals surface area contributed by atoms with Crippen LogP contribution in [0.3, 0.4) is 0 Å². The molecule has 2 aromatic heterocycles. The van der Waals surface area contributed by atoms with Gasteiger partial charge in [0.1, 0.15) is 0 Å². The monoisotopic (exact) mass is 342 g/mol. The highest BCUT2D eigenvalue weighted by molar-refractivity contribution is 5.64. The molecule has 3 rings (SSSR count). The lowest BCUT2D eigenvalue weighted by Crippen LogP contribution is -2.12. The summed E-state index contributed by atoms with van der Waals surface area (Å²) in [6.45, 7) is 2.19. The van der Waals surface area contributed by atoms with Crippen molar-refractivity contribution in [1.82, 2.24) is 19.6 Å². The summed E-state index contributed by atoms with van der Waals surface area (Å²) in [5.41, 5.74) is 0.326. The minimum Gasteiger partial charge on any atom is -0.278 e. The van der Waals surface area contributed by atoms with Gasteiger partial charge in [-0.25, -0.2) is 0 Å². The summed E-state index contributed by atoms with van der Waals surface area (Å²) < 4.78 is 66.4. The van der Waals surface area contributed by atoms with Crippen LogP contribution in [0.2, 0.25) is 0 Å². The van der Waals surface area contributed by atoms with Gasteiger partial charge in [-0.15, -0.1) is 10.2 Å². The summed E-state index contributed by atoms with van der Waals surface area (Å²) in [6.07, 6.45) is -1.92. The van der Waals surface area contributed by atoms with Crippen molar-refractivity contribution in [2.24, 2.45) is 0 Å². The maximum Gasteiger partial charge on any atom is 0.416 e. The number of hydrogen-bond acceptors (Lipinski definition) is 3. The number of rotatable bonds is 2. The first-order chi connectivity index (χ1) is 11.1. The topological polar surface area (TPSA) is 43.1 Å². The molecule has 0 fully saturated rings. The highest BCUT2D eigenvalue weighted by Crippen LogP contribution is 2.33. The zero-order valence-electron chi connectivity index (χ0n) is 12.6. The Morgan fingerprint density at radius 3 is 2.33 bits per heavy atom. The zero-order valence-corrected chi connectivity index (χ0v) is 12.6. The molecule has 0 amide bonds. The smallest absolute Gasteiger partial charge is 0.278 e. The molecule has 3 aromatic rings. The molecule has 0 saturated carbocycles. The number of aryl methyl sites for hydroxylation is 1. The Balaban J connectivity index is 2.13. The van der Waals surface area contributed by atoms with Crippen LogP contribution in [0.4, 0.5) is 22.0 Å². The predicted molar refractivity (Wildman–Crippen MR) is 75.5 cm³/mol. The Morgan fingerprint density at radius 1 is 1.04 bits per heavy atom. The van der Waals surface area contributed by atoms with E-state index < -0.39 is 23.5 Å². The third-order valence-corrected chi connectivity index (χ3v) is 3.51. The summed E-state index contributed by atoms with van der Waals surface area (Å²) >= 11 is 0. The highest BCUT2D eigenvalue weighted by Gasteiger charge is 2.32. The molecule has 0 saturated heterocycles. The summed E-state index contributed by atoms with van der Waals surface area (Å²) in [5, 5.41) is 7.05. The molecule has 0 unspecified atom stereocenters. The number of hydrogen-bond donors (Lipinski definition) is 0. The standard InChI is InChI=1S/C15H11F5N4/c1-8-5-9(15(18,19)20)3-4-10(8)11-7-24-12(6-21-11)22-23-13(24)14(2,16)17/h3-7H,1-2H3. The number of aromatic nitrogens is 4. The summed E-state index contributed by atoms with van der Waals surface area (Å²) in [6, 6.07) is 3.18. The van der Waals surface area contributed by atoms with Gasteiger partial charge in [-0.3, -0.25) is 9.38 Å². The molecule has 0 aliphatic rings. The number of benzene rings is 1. The van der Waals surface area contributed by atoms with E-state index in [9.17, 15) is 22.0 Å². The molecular weight excluding hydrogens is 331 g/mol. The van der Waals surface area contributed by atoms with Gasteiger partial charge in [0.15, 0.2) is 5.65 Å². The predicted octanol–water partition coefficient (Wildman–Crippen LogP) is 4.23. The first-order valence-electron chi connectivity index (χ1n) is 6.84. The van der Waals surface area contributed by atoms with Crippen LogP contribution in [0.15, 0.2) is 30.6 Å². The molecule has 0 radical (unpaired) electrons. The maximum absolute atomic E-state index is 13.5. The van der Waals surface area contributed by atoms with E-state index in [-0.39, 0.29) is 11.3 Å². The van der Waals surface area contributed by atoms with Gasteiger partial charge in [-0.05, 0) is 24.6 Å². The second-order valence-corrected chi connectivity index (χ2v) is 5.44. The molecule has 0 atom stereocenters. The van der Waals surface area contributed by atoms with Crippen LogP contribution >= 0.6 is 0 Å². The molecule has 0 bridgehead atoms. The average Bonchev–Trinajstić information content (AvgIpc) is 2.89. The lowest BCUT2D eigenvalue weighted by molar-refractivity contribution is -0.137.